The maximum Gasteiger partial charge on any atom is 0.128 e. The van der Waals surface area contributed by atoms with E-state index < -0.39 is 6.10 Å². The molecule has 0 radical (unpaired) electrons. The topological polar surface area (TPSA) is 42.4 Å². The molecule has 0 spiro atoms. The van der Waals surface area contributed by atoms with E-state index in [0.29, 0.717) is 6.42 Å². The molecule has 1 unspecified atom stereocenters. The van der Waals surface area contributed by atoms with E-state index in [1.807, 2.05) is 19.9 Å². The molecule has 2 rings (SSSR count). The number of rotatable bonds is 5. The van der Waals surface area contributed by atoms with Crippen LogP contribution in [-0.2, 0) is 12.8 Å². The van der Waals surface area contributed by atoms with Crippen LogP contribution in [-0.4, -0.2) is 17.2 Å². The van der Waals surface area contributed by atoms with E-state index in [1.54, 1.807) is 24.6 Å². The Morgan fingerprint density at radius 3 is 2.70 bits per heavy atom. The first-order chi connectivity index (χ1) is 9.56. The van der Waals surface area contributed by atoms with Gasteiger partial charge in [-0.1, -0.05) is 6.92 Å². The Morgan fingerprint density at radius 2 is 2.10 bits per heavy atom. The second-order valence-electron chi connectivity index (χ2n) is 4.92. The Hall–Kier alpha value is -1.39. The Balaban J connectivity index is 2.21. The summed E-state index contributed by atoms with van der Waals surface area (Å²) in [5.41, 5.74) is 2.93. The van der Waals surface area contributed by atoms with Crippen LogP contribution in [0.15, 0.2) is 18.3 Å². The molecule has 4 heteroatoms. The Morgan fingerprint density at radius 1 is 1.35 bits per heavy atom. The normalized spacial score (nSPS) is 12.4. The van der Waals surface area contributed by atoms with Crippen molar-refractivity contribution in [2.75, 3.05) is 7.11 Å². The molecule has 0 aliphatic rings. The van der Waals surface area contributed by atoms with Gasteiger partial charge >= 0.3 is 0 Å². The SMILES string of the molecule is CCc1ccc(C(O)Cc2ncc(C)c(OC)c2C)s1. The van der Waals surface area contributed by atoms with Gasteiger partial charge in [-0.2, -0.15) is 0 Å². The lowest BCUT2D eigenvalue weighted by molar-refractivity contribution is 0.180. The van der Waals surface area contributed by atoms with Crippen LogP contribution in [0, 0.1) is 13.8 Å². The molecule has 2 aromatic heterocycles. The van der Waals surface area contributed by atoms with E-state index in [9.17, 15) is 5.11 Å². The van der Waals surface area contributed by atoms with Gasteiger partial charge in [0, 0.05) is 39.2 Å². The predicted molar refractivity (Wildman–Crippen MR) is 82.6 cm³/mol. The summed E-state index contributed by atoms with van der Waals surface area (Å²) in [5.74, 6) is 0.864. The summed E-state index contributed by atoms with van der Waals surface area (Å²) in [6, 6.07) is 4.09. The molecule has 2 heterocycles. The minimum atomic E-state index is -0.501. The number of hydrogen-bond acceptors (Lipinski definition) is 4. The van der Waals surface area contributed by atoms with Crippen molar-refractivity contribution in [2.24, 2.45) is 0 Å². The largest absolute Gasteiger partial charge is 0.496 e. The van der Waals surface area contributed by atoms with Crippen LogP contribution in [0.25, 0.3) is 0 Å². The minimum absolute atomic E-state index is 0.501. The van der Waals surface area contributed by atoms with Crippen LogP contribution >= 0.6 is 11.3 Å². The fraction of sp³-hybridized carbons (Fsp3) is 0.438. The number of hydrogen-bond donors (Lipinski definition) is 1. The van der Waals surface area contributed by atoms with Crippen molar-refractivity contribution in [3.05, 3.63) is 44.9 Å². The van der Waals surface area contributed by atoms with Gasteiger partial charge < -0.3 is 9.84 Å². The third kappa shape index (κ3) is 3.02. The standard InChI is InChI=1S/C16H21NO2S/c1-5-12-6-7-15(20-12)14(18)8-13-11(3)16(19-4)10(2)9-17-13/h6-7,9,14,18H,5,8H2,1-4H3. The van der Waals surface area contributed by atoms with E-state index >= 15 is 0 Å². The molecule has 0 amide bonds. The average molecular weight is 291 g/mol. The number of thiophene rings is 1. The molecule has 0 aliphatic heterocycles. The van der Waals surface area contributed by atoms with Gasteiger partial charge in [0.05, 0.1) is 13.2 Å². The number of methoxy groups -OCH3 is 1. The first-order valence-corrected chi connectivity index (χ1v) is 7.64. The Kier molecular flexibility index (Phi) is 4.78. The lowest BCUT2D eigenvalue weighted by Gasteiger charge is -2.14. The fourth-order valence-electron chi connectivity index (χ4n) is 2.32. The van der Waals surface area contributed by atoms with Gasteiger partial charge in [0.1, 0.15) is 5.75 Å². The molecule has 0 aromatic carbocycles. The van der Waals surface area contributed by atoms with Gasteiger partial charge in [0.15, 0.2) is 0 Å². The molecule has 0 bridgehead atoms. The second kappa shape index (κ2) is 6.37. The second-order valence-corrected chi connectivity index (χ2v) is 6.12. The molecule has 0 fully saturated rings. The summed E-state index contributed by atoms with van der Waals surface area (Å²) in [4.78, 5) is 6.74. The lowest BCUT2D eigenvalue weighted by atomic mass is 10.1. The monoisotopic (exact) mass is 291 g/mol. The third-order valence-corrected chi connectivity index (χ3v) is 4.83. The number of aliphatic hydroxyl groups is 1. The van der Waals surface area contributed by atoms with Crippen LogP contribution in [0.5, 0.6) is 5.75 Å². The van der Waals surface area contributed by atoms with Gasteiger partial charge in [-0.05, 0) is 32.4 Å². The zero-order valence-electron chi connectivity index (χ0n) is 12.4. The molecule has 108 valence electrons. The van der Waals surface area contributed by atoms with E-state index in [-0.39, 0.29) is 0 Å². The number of pyridine rings is 1. The Labute approximate surface area is 124 Å². The molecule has 3 nitrogen and oxygen atoms in total. The van der Waals surface area contributed by atoms with Crippen molar-refractivity contribution in [3.63, 3.8) is 0 Å². The number of aromatic nitrogens is 1. The molecule has 0 saturated carbocycles. The molecule has 0 saturated heterocycles. The van der Waals surface area contributed by atoms with Gasteiger partial charge in [0.2, 0.25) is 0 Å². The van der Waals surface area contributed by atoms with Crippen molar-refractivity contribution in [1.82, 2.24) is 4.98 Å². The molecule has 1 N–H and O–H groups in total. The van der Waals surface area contributed by atoms with Crippen molar-refractivity contribution in [1.29, 1.82) is 0 Å². The maximum atomic E-state index is 10.4. The number of nitrogens with zero attached hydrogens (tertiary/aromatic N) is 1. The summed E-state index contributed by atoms with van der Waals surface area (Å²) < 4.78 is 5.41. The molecule has 20 heavy (non-hydrogen) atoms. The molecule has 0 aliphatic carbocycles. The Bertz CT molecular complexity index is 592. The van der Waals surface area contributed by atoms with Crippen molar-refractivity contribution in [3.8, 4) is 5.75 Å². The fourth-order valence-corrected chi connectivity index (χ4v) is 3.26. The smallest absolute Gasteiger partial charge is 0.128 e. The van der Waals surface area contributed by atoms with Crippen LogP contribution in [0.3, 0.4) is 0 Å². The van der Waals surface area contributed by atoms with Gasteiger partial charge in [-0.25, -0.2) is 0 Å². The molecule has 2 aromatic rings. The van der Waals surface area contributed by atoms with Gasteiger partial charge in [-0.3, -0.25) is 4.98 Å². The minimum Gasteiger partial charge on any atom is -0.496 e. The zero-order valence-corrected chi connectivity index (χ0v) is 13.3. The maximum absolute atomic E-state index is 10.4. The first kappa shape index (κ1) is 15.0. The van der Waals surface area contributed by atoms with Crippen molar-refractivity contribution < 1.29 is 9.84 Å². The van der Waals surface area contributed by atoms with Crippen LogP contribution in [0.4, 0.5) is 0 Å². The third-order valence-electron chi connectivity index (χ3n) is 3.50. The van der Waals surface area contributed by atoms with Gasteiger partial charge in [0.25, 0.3) is 0 Å². The highest BCUT2D eigenvalue weighted by Gasteiger charge is 2.16. The number of aliphatic hydroxyl groups excluding tert-OH is 1. The number of aryl methyl sites for hydroxylation is 2. The van der Waals surface area contributed by atoms with E-state index in [2.05, 4.69) is 18.0 Å². The quantitative estimate of drug-likeness (QED) is 0.915. The van der Waals surface area contributed by atoms with E-state index in [1.165, 1.54) is 4.88 Å². The van der Waals surface area contributed by atoms with Crippen molar-refractivity contribution in [2.45, 2.75) is 39.7 Å². The summed E-state index contributed by atoms with van der Waals surface area (Å²) >= 11 is 1.67. The first-order valence-electron chi connectivity index (χ1n) is 6.82. The van der Waals surface area contributed by atoms with Crippen LogP contribution in [0.1, 0.15) is 39.6 Å². The summed E-state index contributed by atoms with van der Waals surface area (Å²) in [5, 5.41) is 10.4. The zero-order chi connectivity index (χ0) is 14.7. The highest BCUT2D eigenvalue weighted by atomic mass is 32.1. The lowest BCUT2D eigenvalue weighted by Crippen LogP contribution is -2.05. The van der Waals surface area contributed by atoms with Crippen LogP contribution < -0.4 is 4.74 Å². The summed E-state index contributed by atoms with van der Waals surface area (Å²) in [6.45, 7) is 6.09. The van der Waals surface area contributed by atoms with Crippen LogP contribution in [0.2, 0.25) is 0 Å². The highest BCUT2D eigenvalue weighted by molar-refractivity contribution is 7.12. The summed E-state index contributed by atoms with van der Waals surface area (Å²) in [6.07, 6.45) is 2.83. The highest BCUT2D eigenvalue weighted by Crippen LogP contribution is 2.30. The van der Waals surface area contributed by atoms with Crippen molar-refractivity contribution >= 4 is 11.3 Å². The summed E-state index contributed by atoms with van der Waals surface area (Å²) in [7, 11) is 1.67. The molecular weight excluding hydrogens is 270 g/mol. The molecule has 1 atom stereocenters. The number of ether oxygens (including phenoxy) is 1. The van der Waals surface area contributed by atoms with E-state index in [4.69, 9.17) is 4.74 Å². The predicted octanol–water partition coefficient (Wildman–Crippen LogP) is 3.61. The van der Waals surface area contributed by atoms with E-state index in [0.717, 1.165) is 33.9 Å². The van der Waals surface area contributed by atoms with Gasteiger partial charge in [-0.15, -0.1) is 11.3 Å². The molecular formula is C16H21NO2S. The average Bonchev–Trinajstić information content (AvgIpc) is 2.91.